The molecule has 1 aliphatic rings. The van der Waals surface area contributed by atoms with E-state index in [1.165, 1.54) is 0 Å². The summed E-state index contributed by atoms with van der Waals surface area (Å²) in [5.74, 6) is 0. The summed E-state index contributed by atoms with van der Waals surface area (Å²) in [6, 6.07) is 0. The van der Waals surface area contributed by atoms with Crippen molar-refractivity contribution in [3.05, 3.63) is 0 Å². The smallest absolute Gasteiger partial charge is 0.0935 e. The van der Waals surface area contributed by atoms with Crippen LogP contribution in [0, 0.1) is 0 Å². The minimum absolute atomic E-state index is 0.199. The van der Waals surface area contributed by atoms with E-state index in [0.29, 0.717) is 19.8 Å². The van der Waals surface area contributed by atoms with E-state index in [-0.39, 0.29) is 11.6 Å². The van der Waals surface area contributed by atoms with Crippen LogP contribution < -0.4 is 5.73 Å². The summed E-state index contributed by atoms with van der Waals surface area (Å²) in [6.45, 7) is 11.3. The van der Waals surface area contributed by atoms with Gasteiger partial charge in [0.15, 0.2) is 0 Å². The van der Waals surface area contributed by atoms with Crippen LogP contribution >= 0.6 is 0 Å². The van der Waals surface area contributed by atoms with Crippen molar-refractivity contribution in [1.29, 1.82) is 0 Å². The van der Waals surface area contributed by atoms with Crippen molar-refractivity contribution >= 4 is 0 Å². The highest BCUT2D eigenvalue weighted by Crippen LogP contribution is 2.17. The molecule has 1 heterocycles. The molecule has 0 amide bonds. The second kappa shape index (κ2) is 5.80. The third-order valence-electron chi connectivity index (χ3n) is 2.65. The molecule has 1 atom stereocenters. The molecule has 4 heteroatoms. The van der Waals surface area contributed by atoms with Crippen molar-refractivity contribution in [3.8, 4) is 0 Å². The minimum atomic E-state index is 0.199. The van der Waals surface area contributed by atoms with Gasteiger partial charge in [-0.15, -0.1) is 0 Å². The number of nitrogens with zero attached hydrogens (tertiary/aromatic N) is 1. The van der Waals surface area contributed by atoms with E-state index < -0.39 is 0 Å². The van der Waals surface area contributed by atoms with E-state index in [2.05, 4.69) is 25.7 Å². The molecule has 0 aromatic rings. The third kappa shape index (κ3) is 4.47. The molecule has 0 bridgehead atoms. The third-order valence-corrected chi connectivity index (χ3v) is 2.65. The quantitative estimate of drug-likeness (QED) is 0.694. The number of morpholine rings is 1. The van der Waals surface area contributed by atoms with E-state index >= 15 is 0 Å². The van der Waals surface area contributed by atoms with E-state index in [1.807, 2.05) is 0 Å². The Morgan fingerprint density at radius 1 is 1.47 bits per heavy atom. The Morgan fingerprint density at radius 2 is 2.20 bits per heavy atom. The lowest BCUT2D eigenvalue weighted by Crippen LogP contribution is -2.52. The summed E-state index contributed by atoms with van der Waals surface area (Å²) < 4.78 is 11.0. The zero-order chi connectivity index (χ0) is 11.3. The fourth-order valence-electron chi connectivity index (χ4n) is 1.73. The molecule has 1 rings (SSSR count). The number of hydrogen-bond acceptors (Lipinski definition) is 4. The van der Waals surface area contributed by atoms with Crippen LogP contribution in [0.4, 0.5) is 0 Å². The maximum Gasteiger partial charge on any atom is 0.0935 e. The van der Waals surface area contributed by atoms with Crippen LogP contribution in [0.25, 0.3) is 0 Å². The van der Waals surface area contributed by atoms with Crippen LogP contribution in [0.5, 0.6) is 0 Å². The zero-order valence-electron chi connectivity index (χ0n) is 10.2. The average molecular weight is 216 g/mol. The van der Waals surface area contributed by atoms with E-state index in [0.717, 1.165) is 19.7 Å². The summed E-state index contributed by atoms with van der Waals surface area (Å²) in [5, 5.41) is 0. The van der Waals surface area contributed by atoms with Gasteiger partial charge in [0.25, 0.3) is 0 Å². The molecule has 0 radical (unpaired) electrons. The largest absolute Gasteiger partial charge is 0.377 e. The Kier molecular flexibility index (Phi) is 4.99. The van der Waals surface area contributed by atoms with Gasteiger partial charge in [-0.2, -0.15) is 0 Å². The predicted octanol–water partition coefficient (Wildman–Crippen LogP) is 0.461. The zero-order valence-corrected chi connectivity index (χ0v) is 10.2. The first-order valence-electron chi connectivity index (χ1n) is 5.68. The molecule has 0 aliphatic carbocycles. The number of hydrogen-bond donors (Lipinski definition) is 1. The molecule has 1 fully saturated rings. The Bertz CT molecular complexity index is 180. The molecule has 90 valence electrons. The van der Waals surface area contributed by atoms with Crippen LogP contribution in [0.1, 0.15) is 20.8 Å². The van der Waals surface area contributed by atoms with Crippen molar-refractivity contribution in [2.45, 2.75) is 32.4 Å². The van der Waals surface area contributed by atoms with Gasteiger partial charge in [-0.3, -0.25) is 4.90 Å². The molecule has 1 unspecified atom stereocenters. The average Bonchev–Trinajstić information content (AvgIpc) is 2.17. The van der Waals surface area contributed by atoms with Crippen molar-refractivity contribution in [2.75, 3.05) is 39.5 Å². The van der Waals surface area contributed by atoms with Gasteiger partial charge in [-0.1, -0.05) is 0 Å². The highest BCUT2D eigenvalue weighted by Gasteiger charge is 2.28. The summed E-state index contributed by atoms with van der Waals surface area (Å²) in [7, 11) is 0. The lowest BCUT2D eigenvalue weighted by Gasteiger charge is -2.41. The summed E-state index contributed by atoms with van der Waals surface area (Å²) in [5.41, 5.74) is 5.58. The second-order valence-corrected chi connectivity index (χ2v) is 4.97. The second-order valence-electron chi connectivity index (χ2n) is 4.97. The van der Waals surface area contributed by atoms with Gasteiger partial charge in [0.2, 0.25) is 0 Å². The normalized spacial score (nSPS) is 24.4. The highest BCUT2D eigenvalue weighted by atomic mass is 16.5. The number of nitrogens with two attached hydrogens (primary N) is 1. The molecule has 15 heavy (non-hydrogen) atoms. The predicted molar refractivity (Wildman–Crippen MR) is 60.9 cm³/mol. The molecule has 2 N–H and O–H groups in total. The minimum Gasteiger partial charge on any atom is -0.377 e. The lowest BCUT2D eigenvalue weighted by atomic mass is 10.0. The summed E-state index contributed by atoms with van der Waals surface area (Å²) in [4.78, 5) is 2.44. The van der Waals surface area contributed by atoms with Crippen LogP contribution in [-0.2, 0) is 9.47 Å². The van der Waals surface area contributed by atoms with Gasteiger partial charge >= 0.3 is 0 Å². The van der Waals surface area contributed by atoms with Crippen molar-refractivity contribution in [3.63, 3.8) is 0 Å². The molecule has 0 spiro atoms. The monoisotopic (exact) mass is 216 g/mol. The maximum absolute atomic E-state index is 5.64. The van der Waals surface area contributed by atoms with Gasteiger partial charge in [0.1, 0.15) is 0 Å². The first-order chi connectivity index (χ1) is 7.04. The fourth-order valence-corrected chi connectivity index (χ4v) is 1.73. The molecular weight excluding hydrogens is 192 g/mol. The first kappa shape index (κ1) is 12.9. The van der Waals surface area contributed by atoms with Crippen LogP contribution in [-0.4, -0.2) is 56.0 Å². The number of ether oxygens (including phenoxy) is 2. The Balaban J connectivity index is 2.29. The van der Waals surface area contributed by atoms with Crippen LogP contribution in [0.3, 0.4) is 0 Å². The Labute approximate surface area is 92.7 Å². The highest BCUT2D eigenvalue weighted by molar-refractivity contribution is 4.81. The van der Waals surface area contributed by atoms with Gasteiger partial charge in [-0.25, -0.2) is 0 Å². The van der Waals surface area contributed by atoms with Crippen molar-refractivity contribution < 1.29 is 9.47 Å². The van der Waals surface area contributed by atoms with Gasteiger partial charge < -0.3 is 15.2 Å². The number of rotatable bonds is 4. The van der Waals surface area contributed by atoms with Gasteiger partial charge in [0, 0.05) is 25.2 Å². The fraction of sp³-hybridized carbons (Fsp3) is 1.00. The first-order valence-corrected chi connectivity index (χ1v) is 5.68. The molecule has 1 aliphatic heterocycles. The van der Waals surface area contributed by atoms with Gasteiger partial charge in [0.05, 0.1) is 25.9 Å². The summed E-state index contributed by atoms with van der Waals surface area (Å²) in [6.07, 6.45) is 0.199. The molecular formula is C11H24N2O2. The van der Waals surface area contributed by atoms with E-state index in [4.69, 9.17) is 15.2 Å². The molecule has 1 saturated heterocycles. The molecule has 4 nitrogen and oxygen atoms in total. The van der Waals surface area contributed by atoms with Crippen LogP contribution in [0.2, 0.25) is 0 Å². The van der Waals surface area contributed by atoms with E-state index in [1.54, 1.807) is 0 Å². The van der Waals surface area contributed by atoms with Crippen LogP contribution in [0.15, 0.2) is 0 Å². The van der Waals surface area contributed by atoms with E-state index in [9.17, 15) is 0 Å². The summed E-state index contributed by atoms with van der Waals surface area (Å²) >= 11 is 0. The topological polar surface area (TPSA) is 47.7 Å². The molecule has 0 saturated carbocycles. The standard InChI is InChI=1S/C11H24N2O2/c1-11(2,3)13-5-7-15-10(8-13)9-14-6-4-12/h10H,4-9,12H2,1-3H3. The Hall–Kier alpha value is -0.160. The van der Waals surface area contributed by atoms with Crippen molar-refractivity contribution in [1.82, 2.24) is 4.90 Å². The lowest BCUT2D eigenvalue weighted by molar-refractivity contribution is -0.0883. The molecule has 0 aromatic heterocycles. The SMILES string of the molecule is CC(C)(C)N1CCOC(COCCN)C1. The molecule has 0 aromatic carbocycles. The maximum atomic E-state index is 5.64. The Morgan fingerprint density at radius 3 is 2.80 bits per heavy atom. The van der Waals surface area contributed by atoms with Crippen molar-refractivity contribution in [2.24, 2.45) is 5.73 Å². The van der Waals surface area contributed by atoms with Gasteiger partial charge in [-0.05, 0) is 20.8 Å².